The third-order valence-corrected chi connectivity index (χ3v) is 3.47. The van der Waals surface area contributed by atoms with Crippen LogP contribution in [0.15, 0.2) is 33.8 Å². The molecule has 0 radical (unpaired) electrons. The number of phenolic OH excluding ortho intramolecular Hbond substituents is 1. The molecule has 0 aliphatic rings. The minimum Gasteiger partial charge on any atom is -0.507 e. The fourth-order valence-electron chi connectivity index (χ4n) is 1.67. The minimum atomic E-state index is -0.419. The average molecular weight is 365 g/mol. The highest BCUT2D eigenvalue weighted by Crippen LogP contribution is 2.21. The lowest BCUT2D eigenvalue weighted by Gasteiger charge is -2.14. The van der Waals surface area contributed by atoms with E-state index in [0.717, 1.165) is 10.2 Å². The molecule has 1 aromatic carbocycles. The highest BCUT2D eigenvalue weighted by atomic mass is 79.9. The Kier molecular flexibility index (Phi) is 4.65. The summed E-state index contributed by atoms with van der Waals surface area (Å²) < 4.78 is 0.806. The Balaban J connectivity index is 2.05. The third-order valence-electron chi connectivity index (χ3n) is 2.98. The summed E-state index contributed by atoms with van der Waals surface area (Å²) in [5.41, 5.74) is 3.89. The summed E-state index contributed by atoms with van der Waals surface area (Å²) in [6, 6.07) is 6.64. The number of phenols is 1. The van der Waals surface area contributed by atoms with E-state index >= 15 is 0 Å². The summed E-state index contributed by atoms with van der Waals surface area (Å²) in [5, 5.41) is 20.3. The maximum atomic E-state index is 11.9. The molecule has 2 rings (SSSR count). The summed E-state index contributed by atoms with van der Waals surface area (Å²) in [5.74, 6) is -0.339. The van der Waals surface area contributed by atoms with Gasteiger partial charge in [0.1, 0.15) is 5.75 Å². The van der Waals surface area contributed by atoms with Crippen molar-refractivity contribution >= 4 is 28.1 Å². The first kappa shape index (κ1) is 16.2. The van der Waals surface area contributed by atoms with Crippen molar-refractivity contribution in [2.75, 3.05) is 0 Å². The molecule has 22 heavy (non-hydrogen) atoms. The van der Waals surface area contributed by atoms with Crippen molar-refractivity contribution in [2.24, 2.45) is 5.10 Å². The molecule has 116 valence electrons. The number of aromatic nitrogens is 2. The highest BCUT2D eigenvalue weighted by Gasteiger charge is 2.19. The SMILES string of the molecule is CC(C)(C)c1cc(C(=O)N/N=C\c2cc(Br)ccc2O)n[nH]1. The second kappa shape index (κ2) is 6.31. The number of hydrazone groups is 1. The molecule has 0 atom stereocenters. The van der Waals surface area contributed by atoms with Crippen molar-refractivity contribution < 1.29 is 9.90 Å². The van der Waals surface area contributed by atoms with E-state index in [1.165, 1.54) is 12.3 Å². The molecule has 0 saturated carbocycles. The second-order valence-electron chi connectivity index (χ2n) is 5.82. The van der Waals surface area contributed by atoms with Crippen molar-refractivity contribution in [3.8, 4) is 5.75 Å². The smallest absolute Gasteiger partial charge is 0.291 e. The van der Waals surface area contributed by atoms with Crippen molar-refractivity contribution in [1.29, 1.82) is 0 Å². The summed E-state index contributed by atoms with van der Waals surface area (Å²) in [6.07, 6.45) is 1.37. The van der Waals surface area contributed by atoms with Crippen LogP contribution < -0.4 is 5.43 Å². The number of nitrogens with one attached hydrogen (secondary N) is 2. The zero-order chi connectivity index (χ0) is 16.3. The number of benzene rings is 1. The number of amides is 1. The Morgan fingerprint density at radius 3 is 2.77 bits per heavy atom. The Bertz CT molecular complexity index is 717. The van der Waals surface area contributed by atoms with Gasteiger partial charge in [-0.15, -0.1) is 0 Å². The van der Waals surface area contributed by atoms with Gasteiger partial charge in [-0.05, 0) is 24.3 Å². The zero-order valence-electron chi connectivity index (χ0n) is 12.5. The van der Waals surface area contributed by atoms with E-state index in [4.69, 9.17) is 0 Å². The number of halogens is 1. The molecule has 0 aliphatic heterocycles. The Hall–Kier alpha value is -2.15. The number of nitrogens with zero attached hydrogens (tertiary/aromatic N) is 2. The number of H-pyrrole nitrogens is 1. The molecule has 0 spiro atoms. The van der Waals surface area contributed by atoms with Gasteiger partial charge in [0.05, 0.1) is 6.21 Å². The van der Waals surface area contributed by atoms with Gasteiger partial charge in [-0.2, -0.15) is 10.2 Å². The van der Waals surface area contributed by atoms with Crippen LogP contribution in [0.5, 0.6) is 5.75 Å². The standard InChI is InChI=1S/C15H17BrN4O2/c1-15(2,3)13-7-11(18-19-13)14(22)20-17-8-9-6-10(16)4-5-12(9)21/h4-8,21H,1-3H3,(H,18,19)(H,20,22)/b17-8-. The van der Waals surface area contributed by atoms with E-state index in [2.05, 4.69) is 36.7 Å². The van der Waals surface area contributed by atoms with E-state index in [0.29, 0.717) is 5.56 Å². The lowest BCUT2D eigenvalue weighted by molar-refractivity contribution is 0.0950. The van der Waals surface area contributed by atoms with E-state index in [1.54, 1.807) is 18.2 Å². The van der Waals surface area contributed by atoms with E-state index in [9.17, 15) is 9.90 Å². The van der Waals surface area contributed by atoms with Gasteiger partial charge in [-0.1, -0.05) is 36.7 Å². The predicted molar refractivity (Wildman–Crippen MR) is 88.2 cm³/mol. The molecule has 1 heterocycles. The average Bonchev–Trinajstić information content (AvgIpc) is 2.92. The molecule has 0 fully saturated rings. The Labute approximate surface area is 136 Å². The molecule has 1 amide bonds. The lowest BCUT2D eigenvalue weighted by atomic mass is 9.92. The van der Waals surface area contributed by atoms with E-state index in [-0.39, 0.29) is 16.9 Å². The first-order chi connectivity index (χ1) is 10.3. The minimum absolute atomic E-state index is 0.0796. The van der Waals surface area contributed by atoms with Gasteiger partial charge in [-0.25, -0.2) is 5.43 Å². The first-order valence-corrected chi connectivity index (χ1v) is 7.44. The maximum Gasteiger partial charge on any atom is 0.291 e. The van der Waals surface area contributed by atoms with Gasteiger partial charge in [0.15, 0.2) is 5.69 Å². The van der Waals surface area contributed by atoms with Crippen molar-refractivity contribution in [1.82, 2.24) is 15.6 Å². The van der Waals surface area contributed by atoms with Crippen LogP contribution in [-0.2, 0) is 5.41 Å². The fourth-order valence-corrected chi connectivity index (χ4v) is 2.05. The molecular weight excluding hydrogens is 348 g/mol. The number of rotatable bonds is 3. The number of aromatic hydroxyl groups is 1. The van der Waals surface area contributed by atoms with Crippen LogP contribution in [0.3, 0.4) is 0 Å². The van der Waals surface area contributed by atoms with Crippen molar-refractivity contribution in [3.05, 3.63) is 45.7 Å². The number of hydrogen-bond donors (Lipinski definition) is 3. The molecule has 2 aromatic rings. The number of hydrogen-bond acceptors (Lipinski definition) is 4. The highest BCUT2D eigenvalue weighted by molar-refractivity contribution is 9.10. The Morgan fingerprint density at radius 1 is 1.41 bits per heavy atom. The Morgan fingerprint density at radius 2 is 2.14 bits per heavy atom. The van der Waals surface area contributed by atoms with Gasteiger partial charge < -0.3 is 5.11 Å². The summed E-state index contributed by atoms with van der Waals surface area (Å²) in [4.78, 5) is 11.9. The largest absolute Gasteiger partial charge is 0.507 e. The van der Waals surface area contributed by atoms with Crippen LogP contribution in [-0.4, -0.2) is 27.4 Å². The van der Waals surface area contributed by atoms with Gasteiger partial charge in [-0.3, -0.25) is 9.89 Å². The van der Waals surface area contributed by atoms with Crippen LogP contribution in [0, 0.1) is 0 Å². The van der Waals surface area contributed by atoms with Gasteiger partial charge >= 0.3 is 0 Å². The van der Waals surface area contributed by atoms with Crippen LogP contribution in [0.2, 0.25) is 0 Å². The summed E-state index contributed by atoms with van der Waals surface area (Å²) in [6.45, 7) is 6.07. The molecule has 0 saturated heterocycles. The molecule has 0 aliphatic carbocycles. The summed E-state index contributed by atoms with van der Waals surface area (Å²) >= 11 is 3.30. The lowest BCUT2D eigenvalue weighted by Crippen LogP contribution is -2.18. The van der Waals surface area contributed by atoms with Gasteiger partial charge in [0, 0.05) is 21.1 Å². The van der Waals surface area contributed by atoms with Crippen LogP contribution >= 0.6 is 15.9 Å². The molecule has 3 N–H and O–H groups in total. The number of aromatic amines is 1. The predicted octanol–water partition coefficient (Wildman–Crippen LogP) is 2.94. The molecule has 6 nitrogen and oxygen atoms in total. The van der Waals surface area contributed by atoms with Crippen molar-refractivity contribution in [2.45, 2.75) is 26.2 Å². The molecule has 1 aromatic heterocycles. The van der Waals surface area contributed by atoms with Crippen molar-refractivity contribution in [3.63, 3.8) is 0 Å². The molecule has 0 bridgehead atoms. The molecule has 7 heteroatoms. The van der Waals surface area contributed by atoms with Crippen LogP contribution in [0.4, 0.5) is 0 Å². The van der Waals surface area contributed by atoms with Crippen LogP contribution in [0.25, 0.3) is 0 Å². The summed E-state index contributed by atoms with van der Waals surface area (Å²) in [7, 11) is 0. The van der Waals surface area contributed by atoms with E-state index < -0.39 is 5.91 Å². The quantitative estimate of drug-likeness (QED) is 0.577. The van der Waals surface area contributed by atoms with Crippen LogP contribution in [0.1, 0.15) is 42.5 Å². The van der Waals surface area contributed by atoms with Gasteiger partial charge in [0.25, 0.3) is 5.91 Å². The number of carbonyl (C=O) groups is 1. The normalized spacial score (nSPS) is 11.8. The molecular formula is C15H17BrN4O2. The first-order valence-electron chi connectivity index (χ1n) is 6.65. The second-order valence-corrected chi connectivity index (χ2v) is 6.73. The van der Waals surface area contributed by atoms with Gasteiger partial charge in [0.2, 0.25) is 0 Å². The topological polar surface area (TPSA) is 90.4 Å². The zero-order valence-corrected chi connectivity index (χ0v) is 14.1. The maximum absolute atomic E-state index is 11.9. The molecule has 0 unspecified atom stereocenters. The number of carbonyl (C=O) groups excluding carboxylic acids is 1. The third kappa shape index (κ3) is 3.94. The fraction of sp³-hybridized carbons (Fsp3) is 0.267. The van der Waals surface area contributed by atoms with E-state index in [1.807, 2.05) is 20.8 Å². The monoisotopic (exact) mass is 364 g/mol.